The highest BCUT2D eigenvalue weighted by Gasteiger charge is 2.59. The smallest absolute Gasteiger partial charge is 0.352 e. The highest BCUT2D eigenvalue weighted by Crippen LogP contribution is 2.44. The van der Waals surface area contributed by atoms with Crippen LogP contribution in [0.4, 0.5) is 5.69 Å². The van der Waals surface area contributed by atoms with E-state index in [-0.39, 0.29) is 28.7 Å². The van der Waals surface area contributed by atoms with Crippen LogP contribution in [0.5, 0.6) is 5.88 Å². The molecule has 2 aliphatic rings. The first-order valence-electron chi connectivity index (χ1n) is 16.0. The summed E-state index contributed by atoms with van der Waals surface area (Å²) in [4.78, 5) is 90.0. The Morgan fingerprint density at radius 1 is 1.07 bits per heavy atom. The number of β-lactam (4-membered cyclic amide) rings is 1. The topological polar surface area (TPSA) is 256 Å². The largest absolute Gasteiger partial charge is 0.493 e. The van der Waals surface area contributed by atoms with Crippen LogP contribution in [0.3, 0.4) is 0 Å². The van der Waals surface area contributed by atoms with Crippen molar-refractivity contribution in [2.24, 2.45) is 11.5 Å². The number of carboxylic acids is 1. The van der Waals surface area contributed by atoms with Crippen molar-refractivity contribution in [2.75, 3.05) is 23.0 Å². The lowest BCUT2D eigenvalue weighted by atomic mass is 9.98. The monoisotopic (exact) mass is 789 g/mol. The molecule has 2 aromatic carbocycles. The molecule has 1 fully saturated rings. The van der Waals surface area contributed by atoms with Crippen LogP contribution in [0.1, 0.15) is 33.9 Å². The van der Waals surface area contributed by atoms with E-state index >= 15 is 0 Å². The van der Waals surface area contributed by atoms with Crippen LogP contribution in [0.15, 0.2) is 76.4 Å². The Morgan fingerprint density at radius 3 is 2.37 bits per heavy atom. The molecule has 5 amide bonds. The molecule has 2 aliphatic heterocycles. The van der Waals surface area contributed by atoms with Crippen LogP contribution in [0.25, 0.3) is 11.4 Å². The number of aromatic nitrogens is 4. The van der Waals surface area contributed by atoms with E-state index in [9.17, 15) is 39.0 Å². The number of aryl methyl sites for hydroxylation is 1. The van der Waals surface area contributed by atoms with E-state index in [1.54, 1.807) is 37.3 Å². The Labute approximate surface area is 319 Å². The van der Waals surface area contributed by atoms with Gasteiger partial charge in [-0.05, 0) is 42.3 Å². The number of anilines is 1. The van der Waals surface area contributed by atoms with E-state index in [4.69, 9.17) is 11.5 Å². The number of hydrogen-bond donors (Lipinski definition) is 4. The average molecular weight is 790 g/mol. The molecular weight excluding hydrogens is 759 g/mol. The van der Waals surface area contributed by atoms with E-state index in [0.717, 1.165) is 21.0 Å². The van der Waals surface area contributed by atoms with Gasteiger partial charge in [0.2, 0.25) is 17.7 Å². The van der Waals surface area contributed by atoms with Gasteiger partial charge in [0.15, 0.2) is 10.2 Å². The molecule has 0 radical (unpaired) electrons. The summed E-state index contributed by atoms with van der Waals surface area (Å²) in [6.45, 7) is 2.61. The normalized spacial score (nSPS) is 17.0. The molecule has 4 aromatic rings. The molecule has 3 atom stereocenters. The van der Waals surface area contributed by atoms with E-state index < -0.39 is 71.0 Å². The van der Waals surface area contributed by atoms with Gasteiger partial charge in [-0.2, -0.15) is 4.98 Å². The zero-order valence-corrected chi connectivity index (χ0v) is 30.9. The maximum atomic E-state index is 14.3. The zero-order chi connectivity index (χ0) is 38.8. The molecule has 2 aromatic heterocycles. The first kappa shape index (κ1) is 38.2. The number of imide groups is 2. The summed E-state index contributed by atoms with van der Waals surface area (Å²) in [5, 5.41) is 29.1. The summed E-state index contributed by atoms with van der Waals surface area (Å²) in [5.41, 5.74) is 12.4. The summed E-state index contributed by atoms with van der Waals surface area (Å²) in [6.07, 6.45) is 0.990. The van der Waals surface area contributed by atoms with Crippen LogP contribution >= 0.6 is 34.9 Å². The number of carbonyl (C=O) groups excluding carboxylic acids is 5. The molecule has 0 saturated carbocycles. The molecule has 0 spiro atoms. The number of hydrogen-bond acceptors (Lipinski definition) is 16. The van der Waals surface area contributed by atoms with Crippen LogP contribution < -0.4 is 16.4 Å². The number of amides is 5. The van der Waals surface area contributed by atoms with Crippen LogP contribution in [0, 0.1) is 6.92 Å². The molecule has 20 heteroatoms. The minimum Gasteiger partial charge on any atom is -0.493 e. The van der Waals surface area contributed by atoms with Crippen LogP contribution in [0.2, 0.25) is 0 Å². The minimum absolute atomic E-state index is 0.0481. The number of carboxylic acid groups (broad SMARTS) is 1. The van der Waals surface area contributed by atoms with Gasteiger partial charge in [-0.3, -0.25) is 33.8 Å². The highest BCUT2D eigenvalue weighted by molar-refractivity contribution is 8.01. The maximum absolute atomic E-state index is 14.3. The molecule has 0 bridgehead atoms. The SMILES string of the molecule is CC(=O)N(C(=O)CN)c1ccc(-c2ncc(C(=O)N(C(=O)C(N)c3ccccc3)C3C(=O)N4C(C(=O)O)=C(CSc5nnc(C)s5)CS[C@@H]34)c(O)n2)cc1. The first-order valence-corrected chi connectivity index (χ1v) is 18.9. The maximum Gasteiger partial charge on any atom is 0.352 e. The second kappa shape index (κ2) is 15.8. The summed E-state index contributed by atoms with van der Waals surface area (Å²) >= 11 is 3.81. The third kappa shape index (κ3) is 7.33. The molecule has 4 heterocycles. The van der Waals surface area contributed by atoms with E-state index in [1.165, 1.54) is 66.0 Å². The number of nitrogens with two attached hydrogens (primary N) is 2. The van der Waals surface area contributed by atoms with Crippen molar-refractivity contribution < 1.29 is 39.0 Å². The fourth-order valence-corrected chi connectivity index (χ4v) is 9.17. The van der Waals surface area contributed by atoms with Gasteiger partial charge in [0.25, 0.3) is 17.7 Å². The van der Waals surface area contributed by atoms with Gasteiger partial charge in [0.1, 0.15) is 33.7 Å². The lowest BCUT2D eigenvalue weighted by molar-refractivity contribution is -0.157. The Bertz CT molecular complexity index is 2200. The van der Waals surface area contributed by atoms with Crippen molar-refractivity contribution in [3.8, 4) is 17.3 Å². The van der Waals surface area contributed by atoms with Crippen molar-refractivity contribution in [2.45, 2.75) is 35.6 Å². The average Bonchev–Trinajstić information content (AvgIpc) is 3.59. The van der Waals surface area contributed by atoms with Crippen molar-refractivity contribution in [3.63, 3.8) is 0 Å². The standard InChI is InChI=1S/C34H31N9O8S3/c1-16-39-40-34(54-16)53-15-20-14-52-32-26(31(49)43(32)25(20)33(50)51)42(30(48)24(36)18-6-4-3-5-7-18)29(47)22-13-37-27(38-28(22)46)19-8-10-21(11-9-19)41(17(2)44)23(45)12-35/h3-11,13,24,26,32H,12,14-15,35-36H2,1-2H3,(H,50,51)(H,37,38,46)/t24?,26?,32-/m0/s1. The molecule has 6 N–H and O–H groups in total. The van der Waals surface area contributed by atoms with Crippen molar-refractivity contribution >= 4 is 76.1 Å². The van der Waals surface area contributed by atoms with Gasteiger partial charge in [-0.25, -0.2) is 14.7 Å². The predicted molar refractivity (Wildman–Crippen MR) is 198 cm³/mol. The summed E-state index contributed by atoms with van der Waals surface area (Å²) in [6, 6.07) is 11.1. The Morgan fingerprint density at radius 2 is 1.78 bits per heavy atom. The van der Waals surface area contributed by atoms with Crippen molar-refractivity contribution in [1.29, 1.82) is 0 Å². The Kier molecular flexibility index (Phi) is 11.2. The molecule has 6 rings (SSSR count). The van der Waals surface area contributed by atoms with E-state index in [2.05, 4.69) is 20.2 Å². The second-order valence-electron chi connectivity index (χ2n) is 11.8. The molecule has 17 nitrogen and oxygen atoms in total. The number of aliphatic carboxylic acids is 1. The first-order chi connectivity index (χ1) is 25.8. The molecule has 278 valence electrons. The molecule has 2 unspecified atom stereocenters. The summed E-state index contributed by atoms with van der Waals surface area (Å²) in [7, 11) is 0. The van der Waals surface area contributed by atoms with Crippen molar-refractivity contribution in [3.05, 3.63) is 88.2 Å². The molecule has 0 aliphatic carbocycles. The summed E-state index contributed by atoms with van der Waals surface area (Å²) < 4.78 is 0.630. The Hall–Kier alpha value is -5.54. The number of nitrogens with zero attached hydrogens (tertiary/aromatic N) is 7. The molecular formula is C34H31N9O8S3. The highest BCUT2D eigenvalue weighted by atomic mass is 32.2. The zero-order valence-electron chi connectivity index (χ0n) is 28.5. The fourth-order valence-electron chi connectivity index (χ4n) is 5.83. The number of benzene rings is 2. The minimum atomic E-state index is -1.48. The second-order valence-corrected chi connectivity index (χ2v) is 15.3. The molecule has 54 heavy (non-hydrogen) atoms. The number of carbonyl (C=O) groups is 6. The molecule has 1 saturated heterocycles. The van der Waals surface area contributed by atoms with Crippen LogP contribution in [-0.2, 0) is 24.0 Å². The van der Waals surface area contributed by atoms with Gasteiger partial charge in [0.05, 0.1) is 12.2 Å². The number of aromatic hydroxyl groups is 1. The third-order valence-electron chi connectivity index (χ3n) is 8.38. The lowest BCUT2D eigenvalue weighted by Crippen LogP contribution is -2.72. The number of fused-ring (bicyclic) bond motifs is 1. The van der Waals surface area contributed by atoms with Gasteiger partial charge in [-0.1, -0.05) is 53.4 Å². The quantitative estimate of drug-likeness (QED) is 0.125. The fraction of sp³-hybridized carbons (Fsp3) is 0.235. The van der Waals surface area contributed by atoms with Gasteiger partial charge in [-0.15, -0.1) is 22.0 Å². The van der Waals surface area contributed by atoms with E-state index in [0.29, 0.717) is 25.9 Å². The number of rotatable bonds is 11. The summed E-state index contributed by atoms with van der Waals surface area (Å²) in [5.74, 6) is -5.93. The van der Waals surface area contributed by atoms with Gasteiger partial charge >= 0.3 is 5.97 Å². The van der Waals surface area contributed by atoms with Crippen molar-refractivity contribution in [1.82, 2.24) is 30.0 Å². The Balaban J connectivity index is 1.31. The van der Waals surface area contributed by atoms with Gasteiger partial charge in [0, 0.05) is 30.2 Å². The van der Waals surface area contributed by atoms with E-state index in [1.807, 2.05) is 0 Å². The predicted octanol–water partition coefficient (Wildman–Crippen LogP) is 1.93. The number of thioether (sulfide) groups is 2. The third-order valence-corrected chi connectivity index (χ3v) is 11.8. The van der Waals surface area contributed by atoms with Crippen LogP contribution in [-0.4, -0.2) is 105 Å². The van der Waals surface area contributed by atoms with Gasteiger partial charge < -0.3 is 21.7 Å². The lowest BCUT2D eigenvalue weighted by Gasteiger charge is -2.52.